The van der Waals surface area contributed by atoms with E-state index in [0.717, 1.165) is 12.2 Å². The normalized spacial score (nSPS) is 26.4. The zero-order chi connectivity index (χ0) is 10.4. The maximum absolute atomic E-state index is 11.2. The molecule has 0 radical (unpaired) electrons. The van der Waals surface area contributed by atoms with E-state index in [2.05, 4.69) is 12.2 Å². The van der Waals surface area contributed by atoms with E-state index < -0.39 is 0 Å². The Morgan fingerprint density at radius 1 is 1.57 bits per heavy atom. The third kappa shape index (κ3) is 3.50. The molecule has 2 atom stereocenters. The lowest BCUT2D eigenvalue weighted by atomic mass is 10.2. The van der Waals surface area contributed by atoms with Gasteiger partial charge in [0.05, 0.1) is 12.5 Å². The Bertz CT molecular complexity index is 187. The van der Waals surface area contributed by atoms with Crippen molar-refractivity contribution in [1.29, 1.82) is 0 Å². The highest BCUT2D eigenvalue weighted by molar-refractivity contribution is 8.00. The van der Waals surface area contributed by atoms with Gasteiger partial charge in [0.1, 0.15) is 6.04 Å². The molecule has 4 heteroatoms. The summed E-state index contributed by atoms with van der Waals surface area (Å²) in [5.74, 6) is 0.721. The molecule has 0 aromatic rings. The van der Waals surface area contributed by atoms with Crippen molar-refractivity contribution in [1.82, 2.24) is 5.32 Å². The number of esters is 1. The highest BCUT2D eigenvalue weighted by Crippen LogP contribution is 2.23. The van der Waals surface area contributed by atoms with Crippen molar-refractivity contribution in [2.75, 3.05) is 12.9 Å². The van der Waals surface area contributed by atoms with E-state index >= 15 is 0 Å². The number of methoxy groups -OCH3 is 1. The lowest BCUT2D eigenvalue weighted by Gasteiger charge is -2.11. The molecule has 1 fully saturated rings. The zero-order valence-corrected chi connectivity index (χ0v) is 9.73. The minimum absolute atomic E-state index is 0.0865. The molecule has 1 aliphatic heterocycles. The molecule has 14 heavy (non-hydrogen) atoms. The number of rotatable bonds is 5. The maximum atomic E-state index is 11.2. The number of hydrogen-bond donors (Lipinski definition) is 1. The van der Waals surface area contributed by atoms with Crippen LogP contribution in [0.2, 0.25) is 0 Å². The Morgan fingerprint density at radius 2 is 2.36 bits per heavy atom. The van der Waals surface area contributed by atoms with E-state index in [9.17, 15) is 4.79 Å². The molecule has 0 aromatic carbocycles. The molecule has 0 aliphatic carbocycles. The fourth-order valence-corrected chi connectivity index (χ4v) is 2.81. The van der Waals surface area contributed by atoms with Gasteiger partial charge in [0.25, 0.3) is 0 Å². The van der Waals surface area contributed by atoms with Crippen molar-refractivity contribution in [2.45, 2.75) is 44.0 Å². The van der Waals surface area contributed by atoms with Crippen molar-refractivity contribution in [3.8, 4) is 0 Å². The summed E-state index contributed by atoms with van der Waals surface area (Å²) in [5.41, 5.74) is 0. The predicted molar refractivity (Wildman–Crippen MR) is 59.3 cm³/mol. The van der Waals surface area contributed by atoms with Crippen LogP contribution in [0, 0.1) is 0 Å². The summed E-state index contributed by atoms with van der Waals surface area (Å²) in [4.78, 5) is 11.2. The summed E-state index contributed by atoms with van der Waals surface area (Å²) in [5, 5.41) is 3.74. The van der Waals surface area contributed by atoms with Gasteiger partial charge in [-0.2, -0.15) is 0 Å². The van der Waals surface area contributed by atoms with Crippen molar-refractivity contribution in [2.24, 2.45) is 0 Å². The van der Waals surface area contributed by atoms with E-state index in [-0.39, 0.29) is 12.0 Å². The van der Waals surface area contributed by atoms with Gasteiger partial charge in [0.2, 0.25) is 0 Å². The molecule has 2 unspecified atom stereocenters. The van der Waals surface area contributed by atoms with Gasteiger partial charge in [-0.15, -0.1) is 11.8 Å². The van der Waals surface area contributed by atoms with E-state index in [1.165, 1.54) is 26.4 Å². The minimum atomic E-state index is -0.129. The largest absolute Gasteiger partial charge is 0.468 e. The van der Waals surface area contributed by atoms with Crippen molar-refractivity contribution in [3.63, 3.8) is 0 Å². The Labute approximate surface area is 90.0 Å². The Morgan fingerprint density at radius 3 is 3.00 bits per heavy atom. The summed E-state index contributed by atoms with van der Waals surface area (Å²) in [6.45, 7) is 2.20. The smallest absolute Gasteiger partial charge is 0.323 e. The van der Waals surface area contributed by atoms with Gasteiger partial charge in [0.15, 0.2) is 0 Å². The minimum Gasteiger partial charge on any atom is -0.468 e. The number of nitrogens with one attached hydrogen (secondary N) is 1. The van der Waals surface area contributed by atoms with Crippen LogP contribution in [-0.4, -0.2) is 30.2 Å². The zero-order valence-electron chi connectivity index (χ0n) is 8.91. The summed E-state index contributed by atoms with van der Waals surface area (Å²) in [6.07, 6.45) is 4.93. The van der Waals surface area contributed by atoms with E-state index in [1.54, 1.807) is 0 Å². The number of carbonyl (C=O) groups excluding carboxylic acids is 1. The molecule has 0 spiro atoms. The fourth-order valence-electron chi connectivity index (χ4n) is 1.56. The molecule has 1 aliphatic rings. The molecular formula is C10H19NO2S. The van der Waals surface area contributed by atoms with Crippen LogP contribution < -0.4 is 5.32 Å². The lowest BCUT2D eigenvalue weighted by Crippen LogP contribution is -2.37. The van der Waals surface area contributed by atoms with Crippen LogP contribution in [0.25, 0.3) is 0 Å². The van der Waals surface area contributed by atoms with Crippen molar-refractivity contribution in [3.05, 3.63) is 0 Å². The highest BCUT2D eigenvalue weighted by Gasteiger charge is 2.29. The average Bonchev–Trinajstić information content (AvgIpc) is 2.66. The number of hydrogen-bond acceptors (Lipinski definition) is 4. The summed E-state index contributed by atoms with van der Waals surface area (Å²) < 4.78 is 4.69. The van der Waals surface area contributed by atoms with Gasteiger partial charge in [-0.1, -0.05) is 26.2 Å². The Kier molecular flexibility index (Phi) is 5.33. The first kappa shape index (κ1) is 11.9. The van der Waals surface area contributed by atoms with Crippen LogP contribution in [0.1, 0.15) is 32.6 Å². The quantitative estimate of drug-likeness (QED) is 0.562. The fraction of sp³-hybridized carbons (Fsp3) is 0.900. The monoisotopic (exact) mass is 217 g/mol. The molecule has 0 amide bonds. The highest BCUT2D eigenvalue weighted by atomic mass is 32.2. The third-order valence-electron chi connectivity index (χ3n) is 2.41. The van der Waals surface area contributed by atoms with Crippen molar-refractivity contribution >= 4 is 17.7 Å². The molecule has 0 aromatic heterocycles. The van der Waals surface area contributed by atoms with Gasteiger partial charge in [-0.3, -0.25) is 10.1 Å². The van der Waals surface area contributed by atoms with Crippen molar-refractivity contribution < 1.29 is 9.53 Å². The first-order chi connectivity index (χ1) is 6.77. The number of ether oxygens (including phenoxy) is 1. The standard InChI is InChI=1S/C10H19NO2S/c1-3-4-5-6-9-11-8(7-14-9)10(12)13-2/h8-9,11H,3-7H2,1-2H3. The number of thioether (sulfide) groups is 1. The van der Waals surface area contributed by atoms with Crippen LogP contribution in [0.3, 0.4) is 0 Å². The van der Waals surface area contributed by atoms with E-state index in [1.807, 2.05) is 11.8 Å². The topological polar surface area (TPSA) is 38.3 Å². The Hall–Kier alpha value is -0.220. The van der Waals surface area contributed by atoms with Gasteiger partial charge < -0.3 is 4.74 Å². The second-order valence-electron chi connectivity index (χ2n) is 3.56. The first-order valence-electron chi connectivity index (χ1n) is 5.23. The van der Waals surface area contributed by atoms with Gasteiger partial charge in [-0.25, -0.2) is 0 Å². The summed E-state index contributed by atoms with van der Waals surface area (Å²) in [7, 11) is 1.44. The molecule has 1 rings (SSSR count). The molecule has 1 N–H and O–H groups in total. The molecule has 0 saturated carbocycles. The van der Waals surface area contributed by atoms with Crippen LogP contribution in [-0.2, 0) is 9.53 Å². The molecule has 3 nitrogen and oxygen atoms in total. The Balaban J connectivity index is 2.17. The van der Waals surface area contributed by atoms with E-state index in [0.29, 0.717) is 5.37 Å². The summed E-state index contributed by atoms with van der Waals surface area (Å²) >= 11 is 1.83. The summed E-state index contributed by atoms with van der Waals surface area (Å²) in [6, 6.07) is -0.0865. The van der Waals surface area contributed by atoms with Crippen LogP contribution in [0.5, 0.6) is 0 Å². The van der Waals surface area contributed by atoms with Crippen LogP contribution in [0.4, 0.5) is 0 Å². The van der Waals surface area contributed by atoms with Crippen LogP contribution >= 0.6 is 11.8 Å². The molecule has 82 valence electrons. The van der Waals surface area contributed by atoms with Gasteiger partial charge >= 0.3 is 5.97 Å². The first-order valence-corrected chi connectivity index (χ1v) is 6.28. The third-order valence-corrected chi connectivity index (χ3v) is 3.71. The average molecular weight is 217 g/mol. The molecule has 1 heterocycles. The molecule has 0 bridgehead atoms. The molecular weight excluding hydrogens is 198 g/mol. The lowest BCUT2D eigenvalue weighted by molar-refractivity contribution is -0.142. The molecule has 1 saturated heterocycles. The number of carbonyl (C=O) groups is 1. The predicted octanol–water partition coefficient (Wildman–Crippen LogP) is 1.77. The number of unbranched alkanes of at least 4 members (excludes halogenated alkanes) is 2. The SMILES string of the molecule is CCCCCC1NC(C(=O)OC)CS1. The van der Waals surface area contributed by atoms with E-state index in [4.69, 9.17) is 4.74 Å². The second-order valence-corrected chi connectivity index (χ2v) is 4.80. The second kappa shape index (κ2) is 6.30. The van der Waals surface area contributed by atoms with Gasteiger partial charge in [0, 0.05) is 5.75 Å². The van der Waals surface area contributed by atoms with Gasteiger partial charge in [-0.05, 0) is 6.42 Å². The van der Waals surface area contributed by atoms with Crippen LogP contribution in [0.15, 0.2) is 0 Å². The maximum Gasteiger partial charge on any atom is 0.323 e.